The van der Waals surface area contributed by atoms with Crippen molar-refractivity contribution in [3.63, 3.8) is 0 Å². The van der Waals surface area contributed by atoms with Crippen molar-refractivity contribution < 1.29 is 5.11 Å². The normalized spacial score (nSPS) is 21.0. The molecule has 2 atom stereocenters. The standard InChI is InChI=1S/C19H21ClN4O/c1-12-7-8-24(11-17(12)25)18-9-13(14(20)10-21-18)19-22-15-5-3-4-6-16(15)23(19)2/h3-6,9-10,12,17,25H,7-8,11H2,1-2H3/t12-,17+/m1/s1. The molecule has 1 N–H and O–H groups in total. The molecule has 5 nitrogen and oxygen atoms in total. The number of piperidine rings is 1. The molecule has 0 radical (unpaired) electrons. The zero-order valence-corrected chi connectivity index (χ0v) is 15.1. The fraction of sp³-hybridized carbons (Fsp3) is 0.368. The number of pyridine rings is 1. The number of rotatable bonds is 2. The second kappa shape index (κ2) is 6.32. The molecule has 1 saturated heterocycles. The number of anilines is 1. The van der Waals surface area contributed by atoms with E-state index in [1.165, 1.54) is 0 Å². The molecule has 3 heterocycles. The van der Waals surface area contributed by atoms with Crippen molar-refractivity contribution >= 4 is 28.5 Å². The monoisotopic (exact) mass is 356 g/mol. The van der Waals surface area contributed by atoms with Crippen LogP contribution in [0, 0.1) is 5.92 Å². The molecule has 2 aromatic heterocycles. The number of aryl methyl sites for hydroxylation is 1. The summed E-state index contributed by atoms with van der Waals surface area (Å²) in [5, 5.41) is 10.8. The Hall–Kier alpha value is -2.11. The van der Waals surface area contributed by atoms with Gasteiger partial charge < -0.3 is 14.6 Å². The zero-order chi connectivity index (χ0) is 17.6. The van der Waals surface area contributed by atoms with Crippen molar-refractivity contribution in [3.05, 3.63) is 41.6 Å². The number of aliphatic hydroxyl groups excluding tert-OH is 1. The summed E-state index contributed by atoms with van der Waals surface area (Å²) < 4.78 is 2.05. The number of nitrogens with zero attached hydrogens (tertiary/aromatic N) is 4. The number of β-amino-alcohol motifs (C(OH)–C–C–N with tert-alkyl or cyclic N) is 1. The Morgan fingerprint density at radius 3 is 2.84 bits per heavy atom. The number of benzene rings is 1. The molecular weight excluding hydrogens is 336 g/mol. The fourth-order valence-corrected chi connectivity index (χ4v) is 3.60. The van der Waals surface area contributed by atoms with Crippen LogP contribution in [-0.2, 0) is 7.05 Å². The van der Waals surface area contributed by atoms with Gasteiger partial charge in [0.2, 0.25) is 0 Å². The Bertz CT molecular complexity index is 923. The fourth-order valence-electron chi connectivity index (χ4n) is 3.42. The summed E-state index contributed by atoms with van der Waals surface area (Å²) in [7, 11) is 1.99. The molecule has 0 bridgehead atoms. The molecule has 130 valence electrons. The van der Waals surface area contributed by atoms with Gasteiger partial charge in [0.1, 0.15) is 11.6 Å². The van der Waals surface area contributed by atoms with Crippen molar-refractivity contribution in [3.8, 4) is 11.4 Å². The Labute approximate surface area is 151 Å². The third kappa shape index (κ3) is 2.87. The van der Waals surface area contributed by atoms with Crippen LogP contribution in [0.3, 0.4) is 0 Å². The minimum absolute atomic E-state index is 0.322. The van der Waals surface area contributed by atoms with E-state index in [0.717, 1.165) is 41.2 Å². The van der Waals surface area contributed by atoms with Gasteiger partial charge in [0.25, 0.3) is 0 Å². The van der Waals surface area contributed by atoms with Gasteiger partial charge in [0.15, 0.2) is 0 Å². The quantitative estimate of drug-likeness (QED) is 0.763. The number of aromatic nitrogens is 3. The summed E-state index contributed by atoms with van der Waals surface area (Å²) in [5.41, 5.74) is 2.87. The number of hydrogen-bond acceptors (Lipinski definition) is 4. The summed E-state index contributed by atoms with van der Waals surface area (Å²) >= 11 is 6.44. The van der Waals surface area contributed by atoms with Gasteiger partial charge >= 0.3 is 0 Å². The SMILES string of the molecule is C[C@@H]1CCN(c2cc(-c3nc4ccccc4n3C)c(Cl)cn2)C[C@@H]1O. The molecule has 1 aliphatic heterocycles. The predicted octanol–water partition coefficient (Wildman–Crippen LogP) is 3.50. The smallest absolute Gasteiger partial charge is 0.142 e. The Balaban J connectivity index is 1.76. The van der Waals surface area contributed by atoms with Gasteiger partial charge in [-0.15, -0.1) is 0 Å². The molecule has 25 heavy (non-hydrogen) atoms. The molecule has 6 heteroatoms. The predicted molar refractivity (Wildman–Crippen MR) is 101 cm³/mol. The molecule has 0 saturated carbocycles. The lowest BCUT2D eigenvalue weighted by atomic mass is 9.96. The minimum Gasteiger partial charge on any atom is -0.391 e. The van der Waals surface area contributed by atoms with Gasteiger partial charge in [-0.2, -0.15) is 0 Å². The van der Waals surface area contributed by atoms with Crippen LogP contribution in [0.4, 0.5) is 5.82 Å². The highest BCUT2D eigenvalue weighted by Crippen LogP contribution is 2.32. The molecule has 0 aliphatic carbocycles. The molecule has 0 spiro atoms. The van der Waals surface area contributed by atoms with Crippen LogP contribution in [0.2, 0.25) is 5.02 Å². The number of para-hydroxylation sites is 2. The molecule has 1 aromatic carbocycles. The van der Waals surface area contributed by atoms with Crippen LogP contribution in [0.1, 0.15) is 13.3 Å². The van der Waals surface area contributed by atoms with Crippen LogP contribution in [0.15, 0.2) is 36.5 Å². The lowest BCUT2D eigenvalue weighted by Crippen LogP contribution is -2.43. The third-order valence-corrected chi connectivity index (χ3v) is 5.41. The molecule has 1 aliphatic rings. The number of imidazole rings is 1. The summed E-state index contributed by atoms with van der Waals surface area (Å²) in [5.74, 6) is 1.97. The Kier molecular flexibility index (Phi) is 4.13. The molecule has 1 fully saturated rings. The Morgan fingerprint density at radius 1 is 1.28 bits per heavy atom. The topological polar surface area (TPSA) is 54.2 Å². The summed E-state index contributed by atoms with van der Waals surface area (Å²) in [4.78, 5) is 11.3. The number of hydrogen-bond donors (Lipinski definition) is 1. The largest absolute Gasteiger partial charge is 0.391 e. The molecule has 4 rings (SSSR count). The average molecular weight is 357 g/mol. The second-order valence-corrected chi connectivity index (χ2v) is 7.19. The summed E-state index contributed by atoms with van der Waals surface area (Å²) in [6, 6.07) is 10.0. The lowest BCUT2D eigenvalue weighted by molar-refractivity contribution is 0.102. The number of fused-ring (bicyclic) bond motifs is 1. The van der Waals surface area contributed by atoms with E-state index in [4.69, 9.17) is 16.6 Å². The summed E-state index contributed by atoms with van der Waals surface area (Å²) in [6.07, 6.45) is 2.30. The van der Waals surface area contributed by atoms with Gasteiger partial charge in [-0.3, -0.25) is 0 Å². The second-order valence-electron chi connectivity index (χ2n) is 6.78. The van der Waals surface area contributed by atoms with Crippen LogP contribution in [0.5, 0.6) is 0 Å². The van der Waals surface area contributed by atoms with Gasteiger partial charge in [-0.1, -0.05) is 30.7 Å². The first kappa shape index (κ1) is 16.4. The summed E-state index contributed by atoms with van der Waals surface area (Å²) in [6.45, 7) is 3.56. The van der Waals surface area contributed by atoms with Crippen LogP contribution in [0.25, 0.3) is 22.4 Å². The first-order chi connectivity index (χ1) is 12.0. The van der Waals surface area contributed by atoms with Crippen LogP contribution >= 0.6 is 11.6 Å². The highest BCUT2D eigenvalue weighted by Gasteiger charge is 2.26. The average Bonchev–Trinajstić information content (AvgIpc) is 2.95. The van der Waals surface area contributed by atoms with E-state index in [0.29, 0.717) is 17.5 Å². The highest BCUT2D eigenvalue weighted by molar-refractivity contribution is 6.33. The van der Waals surface area contributed by atoms with Crippen molar-refractivity contribution in [2.45, 2.75) is 19.4 Å². The van der Waals surface area contributed by atoms with Gasteiger partial charge in [0.05, 0.1) is 22.2 Å². The molecule has 0 unspecified atom stereocenters. The first-order valence-electron chi connectivity index (χ1n) is 8.55. The van der Waals surface area contributed by atoms with Crippen LogP contribution < -0.4 is 4.90 Å². The van der Waals surface area contributed by atoms with E-state index in [2.05, 4.69) is 16.8 Å². The van der Waals surface area contributed by atoms with E-state index in [1.54, 1.807) is 6.20 Å². The number of aliphatic hydroxyl groups is 1. The highest BCUT2D eigenvalue weighted by atomic mass is 35.5. The molecule has 0 amide bonds. The van der Waals surface area contributed by atoms with Gasteiger partial charge in [0, 0.05) is 31.9 Å². The van der Waals surface area contributed by atoms with E-state index in [9.17, 15) is 5.11 Å². The third-order valence-electron chi connectivity index (χ3n) is 5.11. The minimum atomic E-state index is -0.328. The molecular formula is C19H21ClN4O. The van der Waals surface area contributed by atoms with E-state index in [1.807, 2.05) is 41.9 Å². The molecule has 3 aromatic rings. The van der Waals surface area contributed by atoms with Crippen molar-refractivity contribution in [1.82, 2.24) is 14.5 Å². The maximum Gasteiger partial charge on any atom is 0.142 e. The van der Waals surface area contributed by atoms with Crippen molar-refractivity contribution in [2.24, 2.45) is 13.0 Å². The zero-order valence-electron chi connectivity index (χ0n) is 14.4. The van der Waals surface area contributed by atoms with Crippen molar-refractivity contribution in [1.29, 1.82) is 0 Å². The van der Waals surface area contributed by atoms with Gasteiger partial charge in [-0.25, -0.2) is 9.97 Å². The Morgan fingerprint density at radius 2 is 2.08 bits per heavy atom. The van der Waals surface area contributed by atoms with Crippen LogP contribution in [-0.4, -0.2) is 38.8 Å². The first-order valence-corrected chi connectivity index (χ1v) is 8.93. The van der Waals surface area contributed by atoms with Gasteiger partial charge in [-0.05, 0) is 30.5 Å². The number of halogens is 1. The van der Waals surface area contributed by atoms with E-state index < -0.39 is 0 Å². The lowest BCUT2D eigenvalue weighted by Gasteiger charge is -2.35. The van der Waals surface area contributed by atoms with E-state index in [-0.39, 0.29) is 6.10 Å². The van der Waals surface area contributed by atoms with E-state index >= 15 is 0 Å². The maximum absolute atomic E-state index is 10.2. The van der Waals surface area contributed by atoms with Crippen molar-refractivity contribution in [2.75, 3.05) is 18.0 Å². The maximum atomic E-state index is 10.2.